The van der Waals surface area contributed by atoms with Crippen LogP contribution in [0.5, 0.6) is 0 Å². The van der Waals surface area contributed by atoms with E-state index in [1.165, 1.54) is 0 Å². The highest BCUT2D eigenvalue weighted by Gasteiger charge is 2.39. The SMILES string of the molecule is OC(CN1CCNCc2ccccc21)C(F)(F)F. The van der Waals surface area contributed by atoms with Gasteiger partial charge in [-0.3, -0.25) is 0 Å². The summed E-state index contributed by atoms with van der Waals surface area (Å²) in [7, 11) is 0. The minimum atomic E-state index is -4.57. The molecule has 1 aliphatic heterocycles. The smallest absolute Gasteiger partial charge is 0.382 e. The van der Waals surface area contributed by atoms with Crippen LogP contribution in [-0.4, -0.2) is 37.0 Å². The predicted octanol–water partition coefficient (Wildman–Crippen LogP) is 1.52. The van der Waals surface area contributed by atoms with Gasteiger partial charge in [-0.15, -0.1) is 0 Å². The van der Waals surface area contributed by atoms with Gasteiger partial charge < -0.3 is 15.3 Å². The molecule has 100 valence electrons. The molecule has 3 nitrogen and oxygen atoms in total. The average molecular weight is 260 g/mol. The number of para-hydroxylation sites is 1. The average Bonchev–Trinajstić information content (AvgIpc) is 2.51. The van der Waals surface area contributed by atoms with E-state index in [0.29, 0.717) is 19.6 Å². The minimum absolute atomic E-state index is 0.428. The fourth-order valence-corrected chi connectivity index (χ4v) is 2.03. The molecule has 2 N–H and O–H groups in total. The maximum absolute atomic E-state index is 12.4. The topological polar surface area (TPSA) is 35.5 Å². The van der Waals surface area contributed by atoms with E-state index in [1.807, 2.05) is 12.1 Å². The molecule has 0 saturated carbocycles. The molecule has 0 aromatic heterocycles. The van der Waals surface area contributed by atoms with Crippen LogP contribution in [0.1, 0.15) is 5.56 Å². The summed E-state index contributed by atoms with van der Waals surface area (Å²) in [6.07, 6.45) is -6.89. The quantitative estimate of drug-likeness (QED) is 0.846. The number of halogens is 3. The molecule has 0 aliphatic carbocycles. The first-order chi connectivity index (χ1) is 8.48. The van der Waals surface area contributed by atoms with Crippen molar-refractivity contribution in [3.05, 3.63) is 29.8 Å². The van der Waals surface area contributed by atoms with E-state index in [0.717, 1.165) is 11.3 Å². The van der Waals surface area contributed by atoms with Gasteiger partial charge in [0.05, 0.1) is 6.54 Å². The van der Waals surface area contributed by atoms with Crippen molar-refractivity contribution in [3.8, 4) is 0 Å². The normalized spacial score (nSPS) is 18.1. The lowest BCUT2D eigenvalue weighted by Gasteiger charge is -2.27. The van der Waals surface area contributed by atoms with E-state index in [-0.39, 0.29) is 0 Å². The number of rotatable bonds is 2. The number of aliphatic hydroxyl groups excluding tert-OH is 1. The van der Waals surface area contributed by atoms with Gasteiger partial charge in [0.15, 0.2) is 6.10 Å². The molecule has 1 aliphatic rings. The number of hydrogen-bond donors (Lipinski definition) is 2. The molecule has 18 heavy (non-hydrogen) atoms. The van der Waals surface area contributed by atoms with E-state index in [1.54, 1.807) is 17.0 Å². The third-order valence-corrected chi connectivity index (χ3v) is 2.98. The van der Waals surface area contributed by atoms with E-state index in [4.69, 9.17) is 5.11 Å². The zero-order valence-electron chi connectivity index (χ0n) is 9.74. The molecule has 1 atom stereocenters. The van der Waals surface area contributed by atoms with E-state index >= 15 is 0 Å². The maximum Gasteiger partial charge on any atom is 0.416 e. The Morgan fingerprint density at radius 3 is 2.78 bits per heavy atom. The van der Waals surface area contributed by atoms with E-state index in [9.17, 15) is 13.2 Å². The first-order valence-electron chi connectivity index (χ1n) is 5.77. The highest BCUT2D eigenvalue weighted by molar-refractivity contribution is 5.54. The number of benzene rings is 1. The van der Waals surface area contributed by atoms with Crippen molar-refractivity contribution in [2.75, 3.05) is 24.5 Å². The Balaban J connectivity index is 2.18. The molecule has 1 heterocycles. The van der Waals surface area contributed by atoms with Gasteiger partial charge in [-0.05, 0) is 11.6 Å². The Morgan fingerprint density at radius 1 is 1.33 bits per heavy atom. The highest BCUT2D eigenvalue weighted by atomic mass is 19.4. The molecule has 2 rings (SSSR count). The van der Waals surface area contributed by atoms with Crippen LogP contribution in [0, 0.1) is 0 Å². The largest absolute Gasteiger partial charge is 0.416 e. The van der Waals surface area contributed by atoms with Crippen LogP contribution in [0.3, 0.4) is 0 Å². The van der Waals surface area contributed by atoms with Gasteiger partial charge in [0.2, 0.25) is 0 Å². The van der Waals surface area contributed by atoms with Crippen molar-refractivity contribution in [2.45, 2.75) is 18.8 Å². The molecular weight excluding hydrogens is 245 g/mol. The molecule has 0 saturated heterocycles. The molecule has 0 spiro atoms. The molecule has 1 aromatic carbocycles. The number of alkyl halides is 3. The van der Waals surface area contributed by atoms with E-state index in [2.05, 4.69) is 5.32 Å². The van der Waals surface area contributed by atoms with Crippen molar-refractivity contribution >= 4 is 5.69 Å². The summed E-state index contributed by atoms with van der Waals surface area (Å²) < 4.78 is 37.2. The number of aliphatic hydroxyl groups is 1. The lowest BCUT2D eigenvalue weighted by Crippen LogP contribution is -2.42. The number of nitrogens with one attached hydrogen (secondary N) is 1. The second kappa shape index (κ2) is 5.16. The monoisotopic (exact) mass is 260 g/mol. The Hall–Kier alpha value is -1.27. The van der Waals surface area contributed by atoms with Gasteiger partial charge in [0.25, 0.3) is 0 Å². The zero-order valence-corrected chi connectivity index (χ0v) is 9.74. The fourth-order valence-electron chi connectivity index (χ4n) is 2.03. The number of nitrogens with zero attached hydrogens (tertiary/aromatic N) is 1. The van der Waals surface area contributed by atoms with Gasteiger partial charge in [-0.25, -0.2) is 0 Å². The molecule has 0 amide bonds. The summed E-state index contributed by atoms with van der Waals surface area (Å²) in [5, 5.41) is 12.3. The van der Waals surface area contributed by atoms with Gasteiger partial charge in [-0.2, -0.15) is 13.2 Å². The lowest BCUT2D eigenvalue weighted by molar-refractivity contribution is -0.200. The first-order valence-corrected chi connectivity index (χ1v) is 5.77. The standard InChI is InChI=1S/C12H15F3N2O/c13-12(14,15)11(18)8-17-6-5-16-7-9-3-1-2-4-10(9)17/h1-4,11,16,18H,5-8H2. The van der Waals surface area contributed by atoms with E-state index < -0.39 is 18.8 Å². The summed E-state index contributed by atoms with van der Waals surface area (Å²) in [6.45, 7) is 1.25. The van der Waals surface area contributed by atoms with Gasteiger partial charge in [0.1, 0.15) is 0 Å². The highest BCUT2D eigenvalue weighted by Crippen LogP contribution is 2.26. The second-order valence-corrected chi connectivity index (χ2v) is 4.31. The van der Waals surface area contributed by atoms with Crippen molar-refractivity contribution < 1.29 is 18.3 Å². The number of hydrogen-bond acceptors (Lipinski definition) is 3. The van der Waals surface area contributed by atoms with Gasteiger partial charge in [0, 0.05) is 25.3 Å². The summed E-state index contributed by atoms with van der Waals surface area (Å²) >= 11 is 0. The molecule has 1 aromatic rings. The van der Waals surface area contributed by atoms with Crippen LogP contribution >= 0.6 is 0 Å². The van der Waals surface area contributed by atoms with Crippen molar-refractivity contribution in [3.63, 3.8) is 0 Å². The van der Waals surface area contributed by atoms with Crippen molar-refractivity contribution in [1.82, 2.24) is 5.32 Å². The van der Waals surface area contributed by atoms with Crippen molar-refractivity contribution in [2.24, 2.45) is 0 Å². The molecule has 0 bridgehead atoms. The number of β-amino-alcohol motifs (C(OH)–C–C–N with tert-alkyl or cyclic N) is 1. The first kappa shape index (κ1) is 13.2. The van der Waals surface area contributed by atoms with Crippen LogP contribution in [0.4, 0.5) is 18.9 Å². The minimum Gasteiger partial charge on any atom is -0.382 e. The lowest BCUT2D eigenvalue weighted by atomic mass is 10.1. The van der Waals surface area contributed by atoms with Crippen LogP contribution in [0.2, 0.25) is 0 Å². The molecule has 0 fully saturated rings. The van der Waals surface area contributed by atoms with Crippen LogP contribution in [0.15, 0.2) is 24.3 Å². The number of anilines is 1. The van der Waals surface area contributed by atoms with Crippen LogP contribution < -0.4 is 10.2 Å². The fraction of sp³-hybridized carbons (Fsp3) is 0.500. The Kier molecular flexibility index (Phi) is 3.77. The predicted molar refractivity (Wildman–Crippen MR) is 62.4 cm³/mol. The molecular formula is C12H15F3N2O. The Labute approximate surface area is 103 Å². The van der Waals surface area contributed by atoms with Gasteiger partial charge in [-0.1, -0.05) is 18.2 Å². The Bertz CT molecular complexity index is 409. The molecule has 6 heteroatoms. The summed E-state index contributed by atoms with van der Waals surface area (Å²) in [6, 6.07) is 7.30. The third-order valence-electron chi connectivity index (χ3n) is 2.98. The zero-order chi connectivity index (χ0) is 13.2. The number of fused-ring (bicyclic) bond motifs is 1. The summed E-state index contributed by atoms with van der Waals surface area (Å²) in [5.74, 6) is 0. The second-order valence-electron chi connectivity index (χ2n) is 4.31. The third kappa shape index (κ3) is 2.94. The van der Waals surface area contributed by atoms with Gasteiger partial charge >= 0.3 is 6.18 Å². The maximum atomic E-state index is 12.4. The molecule has 0 radical (unpaired) electrons. The van der Waals surface area contributed by atoms with Crippen LogP contribution in [-0.2, 0) is 6.54 Å². The van der Waals surface area contributed by atoms with Crippen LogP contribution in [0.25, 0.3) is 0 Å². The Morgan fingerprint density at radius 2 is 2.06 bits per heavy atom. The molecule has 1 unspecified atom stereocenters. The summed E-state index contributed by atoms with van der Waals surface area (Å²) in [5.41, 5.74) is 1.70. The summed E-state index contributed by atoms with van der Waals surface area (Å²) in [4.78, 5) is 1.58. The van der Waals surface area contributed by atoms with Crippen molar-refractivity contribution in [1.29, 1.82) is 0 Å².